The number of alkyl halides is 1. The molecule has 4 nitrogen and oxygen atoms in total. The summed E-state index contributed by atoms with van der Waals surface area (Å²) >= 11 is 3.33. The number of nitrogens with zero attached hydrogens (tertiary/aromatic N) is 1. The fraction of sp³-hybridized carbons (Fsp3) is 0.385. The third-order valence-corrected chi connectivity index (χ3v) is 4.30. The van der Waals surface area contributed by atoms with Crippen LogP contribution < -0.4 is 0 Å². The third-order valence-electron chi connectivity index (χ3n) is 3.18. The van der Waals surface area contributed by atoms with Gasteiger partial charge in [0.05, 0.1) is 10.9 Å². The largest absolute Gasteiger partial charge is 0.465 e. The van der Waals surface area contributed by atoms with Crippen LogP contribution in [0.5, 0.6) is 0 Å². The fourth-order valence-electron chi connectivity index (χ4n) is 2.21. The van der Waals surface area contributed by atoms with Gasteiger partial charge in [0.25, 0.3) is 0 Å². The summed E-state index contributed by atoms with van der Waals surface area (Å²) in [5.41, 5.74) is 1.04. The lowest BCUT2D eigenvalue weighted by atomic mass is 9.95. The van der Waals surface area contributed by atoms with Crippen LogP contribution in [0.15, 0.2) is 30.3 Å². The van der Waals surface area contributed by atoms with Crippen molar-refractivity contribution in [1.82, 2.24) is 4.90 Å². The molecule has 0 bridgehead atoms. The Balaban J connectivity index is 2.19. The molecule has 1 aromatic rings. The van der Waals surface area contributed by atoms with E-state index in [9.17, 15) is 14.7 Å². The molecule has 1 N–H and O–H groups in total. The van der Waals surface area contributed by atoms with Gasteiger partial charge in [-0.1, -0.05) is 46.3 Å². The summed E-state index contributed by atoms with van der Waals surface area (Å²) in [6, 6.07) is 9.29. The van der Waals surface area contributed by atoms with Crippen LogP contribution in [0.1, 0.15) is 12.0 Å². The first-order valence-corrected chi connectivity index (χ1v) is 6.71. The Kier molecular flexibility index (Phi) is 4.01. The first-order valence-electron chi connectivity index (χ1n) is 5.80. The molecule has 1 aliphatic rings. The highest BCUT2D eigenvalue weighted by Crippen LogP contribution is 2.24. The van der Waals surface area contributed by atoms with E-state index >= 15 is 0 Å². The summed E-state index contributed by atoms with van der Waals surface area (Å²) in [7, 11) is 0. The number of ketones is 1. The molecule has 1 aromatic carbocycles. The average molecular weight is 312 g/mol. The van der Waals surface area contributed by atoms with Gasteiger partial charge < -0.3 is 10.0 Å². The van der Waals surface area contributed by atoms with Crippen molar-refractivity contribution < 1.29 is 14.7 Å². The van der Waals surface area contributed by atoms with E-state index in [-0.39, 0.29) is 24.8 Å². The molecule has 0 aromatic heterocycles. The van der Waals surface area contributed by atoms with Crippen molar-refractivity contribution in [3.63, 3.8) is 0 Å². The Hall–Kier alpha value is -1.36. The first-order chi connectivity index (χ1) is 8.59. The van der Waals surface area contributed by atoms with Crippen LogP contribution in [0.25, 0.3) is 0 Å². The minimum absolute atomic E-state index is 0.0773. The normalized spacial score (nSPS) is 24.1. The molecule has 1 heterocycles. The van der Waals surface area contributed by atoms with E-state index < -0.39 is 10.9 Å². The molecule has 2 atom stereocenters. The van der Waals surface area contributed by atoms with Gasteiger partial charge in [-0.2, -0.15) is 0 Å². The van der Waals surface area contributed by atoms with Crippen LogP contribution >= 0.6 is 15.9 Å². The van der Waals surface area contributed by atoms with E-state index in [1.807, 2.05) is 30.3 Å². The van der Waals surface area contributed by atoms with Crippen LogP contribution in [0.2, 0.25) is 0 Å². The maximum atomic E-state index is 11.7. The second kappa shape index (κ2) is 5.52. The smallest absolute Gasteiger partial charge is 0.407 e. The number of hydrogen-bond acceptors (Lipinski definition) is 2. The maximum Gasteiger partial charge on any atom is 0.407 e. The maximum absolute atomic E-state index is 11.7. The highest BCUT2D eigenvalue weighted by Gasteiger charge is 2.37. The van der Waals surface area contributed by atoms with Gasteiger partial charge in [-0.25, -0.2) is 4.79 Å². The van der Waals surface area contributed by atoms with E-state index in [1.54, 1.807) is 0 Å². The highest BCUT2D eigenvalue weighted by molar-refractivity contribution is 9.10. The van der Waals surface area contributed by atoms with Crippen LogP contribution in [0.4, 0.5) is 4.79 Å². The molecule has 1 fully saturated rings. The number of amides is 1. The predicted molar refractivity (Wildman–Crippen MR) is 71.0 cm³/mol. The van der Waals surface area contributed by atoms with E-state index in [2.05, 4.69) is 15.9 Å². The second-order valence-corrected chi connectivity index (χ2v) is 5.34. The monoisotopic (exact) mass is 311 g/mol. The van der Waals surface area contributed by atoms with Gasteiger partial charge in [0.15, 0.2) is 0 Å². The van der Waals surface area contributed by atoms with Crippen LogP contribution in [-0.2, 0) is 11.2 Å². The second-order valence-electron chi connectivity index (χ2n) is 4.35. The summed E-state index contributed by atoms with van der Waals surface area (Å²) in [6.45, 7) is 0.285. The van der Waals surface area contributed by atoms with E-state index in [0.29, 0.717) is 6.42 Å². The van der Waals surface area contributed by atoms with Gasteiger partial charge in [-0.05, 0) is 12.0 Å². The van der Waals surface area contributed by atoms with Gasteiger partial charge in [-0.15, -0.1) is 0 Å². The summed E-state index contributed by atoms with van der Waals surface area (Å²) in [5, 5.41) is 9.18. The zero-order valence-electron chi connectivity index (χ0n) is 9.75. The number of hydrogen-bond donors (Lipinski definition) is 1. The molecule has 5 heteroatoms. The van der Waals surface area contributed by atoms with Crippen LogP contribution in [-0.4, -0.2) is 39.3 Å². The minimum atomic E-state index is -0.965. The Morgan fingerprint density at radius 2 is 2.06 bits per heavy atom. The molecule has 0 radical (unpaired) electrons. The molecule has 0 aliphatic carbocycles. The number of rotatable bonds is 2. The molecule has 2 rings (SSSR count). The number of halogens is 1. The number of carboxylic acid groups (broad SMARTS) is 1. The predicted octanol–water partition coefficient (Wildman–Crippen LogP) is 2.31. The summed E-state index contributed by atoms with van der Waals surface area (Å²) in [6.07, 6.45) is -0.129. The van der Waals surface area contributed by atoms with Gasteiger partial charge >= 0.3 is 6.09 Å². The summed E-state index contributed by atoms with van der Waals surface area (Å²) in [5.74, 6) is 0.0773. The van der Waals surface area contributed by atoms with Crippen molar-refractivity contribution in [1.29, 1.82) is 0 Å². The minimum Gasteiger partial charge on any atom is -0.465 e. The Morgan fingerprint density at radius 3 is 2.67 bits per heavy atom. The lowest BCUT2D eigenvalue weighted by Gasteiger charge is -2.36. The summed E-state index contributed by atoms with van der Waals surface area (Å²) in [4.78, 5) is 23.8. The van der Waals surface area contributed by atoms with Crippen molar-refractivity contribution in [2.75, 3.05) is 6.54 Å². The lowest BCUT2D eigenvalue weighted by molar-refractivity contribution is -0.121. The van der Waals surface area contributed by atoms with Gasteiger partial charge in [0.1, 0.15) is 5.78 Å². The molecule has 1 amide bonds. The molecule has 1 aliphatic heterocycles. The molecule has 2 unspecified atom stereocenters. The number of Topliss-reactive ketones (excluding diaryl/α,β-unsaturated/α-hetero) is 1. The van der Waals surface area contributed by atoms with E-state index in [1.165, 1.54) is 4.90 Å². The van der Waals surface area contributed by atoms with Crippen molar-refractivity contribution in [3.8, 4) is 0 Å². The molecule has 96 valence electrons. The number of piperidine rings is 1. The fourth-order valence-corrected chi connectivity index (χ4v) is 2.91. The van der Waals surface area contributed by atoms with E-state index in [4.69, 9.17) is 0 Å². The number of benzene rings is 1. The van der Waals surface area contributed by atoms with Crippen LogP contribution in [0, 0.1) is 0 Å². The van der Waals surface area contributed by atoms with Crippen molar-refractivity contribution in [2.24, 2.45) is 0 Å². The number of carbonyl (C=O) groups is 2. The Morgan fingerprint density at radius 1 is 1.39 bits per heavy atom. The van der Waals surface area contributed by atoms with Crippen molar-refractivity contribution >= 4 is 27.8 Å². The quantitative estimate of drug-likeness (QED) is 0.853. The Bertz CT molecular complexity index is 449. The summed E-state index contributed by atoms with van der Waals surface area (Å²) < 4.78 is 0. The third kappa shape index (κ3) is 2.72. The molecule has 1 saturated heterocycles. The molecular weight excluding hydrogens is 298 g/mol. The Labute approximate surface area is 114 Å². The SMILES string of the molecule is O=C1CCN(C(=O)O)C(Cc2ccccc2)C1Br. The topological polar surface area (TPSA) is 57.6 Å². The standard InChI is InChI=1S/C13H14BrNO3/c14-12-10(8-9-4-2-1-3-5-9)15(13(17)18)7-6-11(12)16/h1-5,10,12H,6-8H2,(H,17,18). The highest BCUT2D eigenvalue weighted by atomic mass is 79.9. The zero-order chi connectivity index (χ0) is 13.1. The van der Waals surface area contributed by atoms with Crippen molar-refractivity contribution in [3.05, 3.63) is 35.9 Å². The molecule has 18 heavy (non-hydrogen) atoms. The zero-order valence-corrected chi connectivity index (χ0v) is 11.3. The van der Waals surface area contributed by atoms with Crippen molar-refractivity contribution in [2.45, 2.75) is 23.7 Å². The number of carbonyl (C=O) groups excluding carboxylic acids is 1. The van der Waals surface area contributed by atoms with Crippen LogP contribution in [0.3, 0.4) is 0 Å². The average Bonchev–Trinajstić information content (AvgIpc) is 2.36. The number of likely N-dealkylation sites (tertiary alicyclic amines) is 1. The molecule has 0 spiro atoms. The van der Waals surface area contributed by atoms with Gasteiger partial charge in [0.2, 0.25) is 0 Å². The molecular formula is C13H14BrNO3. The lowest BCUT2D eigenvalue weighted by Crippen LogP contribution is -2.53. The van der Waals surface area contributed by atoms with Gasteiger partial charge in [-0.3, -0.25) is 4.79 Å². The molecule has 0 saturated carbocycles. The first kappa shape index (κ1) is 13.1. The van der Waals surface area contributed by atoms with E-state index in [0.717, 1.165) is 5.56 Å². The van der Waals surface area contributed by atoms with Gasteiger partial charge in [0, 0.05) is 13.0 Å².